The molecule has 152 valence electrons. The monoisotopic (exact) mass is 395 g/mol. The highest BCUT2D eigenvalue weighted by molar-refractivity contribution is 6.22. The molecular formula is C22H25N3O4. The largest absolute Gasteiger partial charge is 0.398 e. The third kappa shape index (κ3) is 3.86. The highest BCUT2D eigenvalue weighted by Gasteiger charge is 2.37. The second-order valence-electron chi connectivity index (χ2n) is 6.99. The fourth-order valence-electron chi connectivity index (χ4n) is 3.55. The molecule has 29 heavy (non-hydrogen) atoms. The van der Waals surface area contributed by atoms with Gasteiger partial charge in [0, 0.05) is 17.9 Å². The maximum Gasteiger partial charge on any atom is 0.256 e. The first-order valence-electron chi connectivity index (χ1n) is 9.59. The van der Waals surface area contributed by atoms with Crippen molar-refractivity contribution in [2.45, 2.75) is 32.7 Å². The summed E-state index contributed by atoms with van der Waals surface area (Å²) in [5.74, 6) is -1.85. The van der Waals surface area contributed by atoms with Crippen molar-refractivity contribution >= 4 is 29.1 Å². The summed E-state index contributed by atoms with van der Waals surface area (Å²) in [5, 5.41) is 2.60. The van der Waals surface area contributed by atoms with Gasteiger partial charge in [0.05, 0.1) is 11.6 Å². The highest BCUT2D eigenvalue weighted by atomic mass is 16.5. The van der Waals surface area contributed by atoms with Gasteiger partial charge in [-0.2, -0.15) is 0 Å². The number of carbonyl (C=O) groups excluding carboxylic acids is 3. The van der Waals surface area contributed by atoms with Crippen LogP contribution < -0.4 is 16.0 Å². The minimum Gasteiger partial charge on any atom is -0.398 e. The van der Waals surface area contributed by atoms with Gasteiger partial charge in [0.2, 0.25) is 11.8 Å². The maximum absolute atomic E-state index is 13.3. The van der Waals surface area contributed by atoms with Crippen LogP contribution in [0.1, 0.15) is 32.3 Å². The number of nitrogens with two attached hydrogens (primary N) is 1. The van der Waals surface area contributed by atoms with Gasteiger partial charge in [-0.15, -0.1) is 0 Å². The first-order valence-corrected chi connectivity index (χ1v) is 9.59. The van der Waals surface area contributed by atoms with E-state index >= 15 is 0 Å². The number of amides is 3. The van der Waals surface area contributed by atoms with Gasteiger partial charge in [-0.1, -0.05) is 30.3 Å². The Bertz CT molecular complexity index is 957. The Morgan fingerprint density at radius 1 is 1.21 bits per heavy atom. The van der Waals surface area contributed by atoms with Crippen LogP contribution >= 0.6 is 0 Å². The van der Waals surface area contributed by atoms with E-state index in [1.165, 1.54) is 0 Å². The number of nitrogen functional groups attached to an aromatic ring is 1. The predicted molar refractivity (Wildman–Crippen MR) is 111 cm³/mol. The van der Waals surface area contributed by atoms with Crippen molar-refractivity contribution in [3.63, 3.8) is 0 Å². The van der Waals surface area contributed by atoms with Crippen LogP contribution in [-0.2, 0) is 19.1 Å². The lowest BCUT2D eigenvalue weighted by Gasteiger charge is -2.26. The van der Waals surface area contributed by atoms with Gasteiger partial charge in [-0.3, -0.25) is 14.4 Å². The molecule has 0 radical (unpaired) electrons. The van der Waals surface area contributed by atoms with Crippen LogP contribution in [0, 0.1) is 0 Å². The van der Waals surface area contributed by atoms with Gasteiger partial charge in [-0.05, 0) is 44.0 Å². The summed E-state index contributed by atoms with van der Waals surface area (Å²) >= 11 is 0. The molecule has 7 heteroatoms. The normalized spacial score (nSPS) is 16.4. The molecule has 3 rings (SSSR count). The summed E-state index contributed by atoms with van der Waals surface area (Å²) in [6.45, 7) is 5.34. The van der Waals surface area contributed by atoms with Crippen molar-refractivity contribution in [3.8, 4) is 11.1 Å². The first kappa shape index (κ1) is 20.5. The second-order valence-corrected chi connectivity index (χ2v) is 6.99. The van der Waals surface area contributed by atoms with Crippen LogP contribution in [0.4, 0.5) is 11.4 Å². The third-order valence-corrected chi connectivity index (χ3v) is 5.01. The SMILES string of the molecule is CCOCC(=O)N[C@@H](C)C(=O)N1C(=O)C(C)c2ccccc2-c2c(N)cccc21. The number of hydrogen-bond acceptors (Lipinski definition) is 5. The highest BCUT2D eigenvalue weighted by Crippen LogP contribution is 2.43. The van der Waals surface area contributed by atoms with Gasteiger partial charge in [0.25, 0.3) is 5.91 Å². The zero-order valence-electron chi connectivity index (χ0n) is 16.8. The lowest BCUT2D eigenvalue weighted by molar-refractivity contribution is -0.132. The Hall–Kier alpha value is -3.19. The number of carbonyl (C=O) groups is 3. The van der Waals surface area contributed by atoms with E-state index in [0.717, 1.165) is 16.0 Å². The number of imide groups is 1. The van der Waals surface area contributed by atoms with Crippen molar-refractivity contribution in [2.24, 2.45) is 0 Å². The number of benzene rings is 2. The van der Waals surface area contributed by atoms with Crippen molar-refractivity contribution in [2.75, 3.05) is 23.8 Å². The van der Waals surface area contributed by atoms with E-state index in [9.17, 15) is 14.4 Å². The van der Waals surface area contributed by atoms with Gasteiger partial charge >= 0.3 is 0 Å². The average molecular weight is 395 g/mol. The molecule has 2 aromatic rings. The molecule has 0 saturated heterocycles. The van der Waals surface area contributed by atoms with Crippen molar-refractivity contribution in [1.29, 1.82) is 0 Å². The van der Waals surface area contributed by atoms with Gasteiger partial charge < -0.3 is 15.8 Å². The maximum atomic E-state index is 13.3. The second kappa shape index (κ2) is 8.45. The quantitative estimate of drug-likeness (QED) is 0.757. The summed E-state index contributed by atoms with van der Waals surface area (Å²) in [7, 11) is 0. The van der Waals surface area contributed by atoms with E-state index in [-0.39, 0.29) is 12.5 Å². The predicted octanol–water partition coefficient (Wildman–Crippen LogP) is 2.45. The number of rotatable bonds is 5. The Kier molecular flexibility index (Phi) is 5.98. The Morgan fingerprint density at radius 3 is 2.66 bits per heavy atom. The van der Waals surface area contributed by atoms with Crippen molar-refractivity contribution in [3.05, 3.63) is 48.0 Å². The molecular weight excluding hydrogens is 370 g/mol. The number of nitrogens with zero attached hydrogens (tertiary/aromatic N) is 1. The molecule has 2 atom stereocenters. The summed E-state index contributed by atoms with van der Waals surface area (Å²) < 4.78 is 5.07. The minimum atomic E-state index is -0.908. The van der Waals surface area contributed by atoms with E-state index in [2.05, 4.69) is 5.32 Å². The van der Waals surface area contributed by atoms with Crippen LogP contribution in [0.15, 0.2) is 42.5 Å². The van der Waals surface area contributed by atoms with Gasteiger partial charge in [0.1, 0.15) is 12.6 Å². The first-order chi connectivity index (χ1) is 13.9. The summed E-state index contributed by atoms with van der Waals surface area (Å²) in [4.78, 5) is 39.7. The van der Waals surface area contributed by atoms with E-state index in [1.54, 1.807) is 39.0 Å². The topological polar surface area (TPSA) is 102 Å². The molecule has 0 aromatic heterocycles. The Balaban J connectivity index is 2.04. The van der Waals surface area contributed by atoms with Crippen molar-refractivity contribution < 1.29 is 19.1 Å². The number of nitrogens with one attached hydrogen (secondary N) is 1. The molecule has 0 fully saturated rings. The molecule has 7 nitrogen and oxygen atoms in total. The molecule has 0 saturated carbocycles. The summed E-state index contributed by atoms with van der Waals surface area (Å²) in [6.07, 6.45) is 0. The molecule has 2 aromatic carbocycles. The number of hydrogen-bond donors (Lipinski definition) is 2. The molecule has 1 aliphatic rings. The number of ether oxygens (including phenoxy) is 1. The molecule has 1 aliphatic heterocycles. The van der Waals surface area contributed by atoms with Crippen LogP contribution in [0.3, 0.4) is 0 Å². The van der Waals surface area contributed by atoms with E-state index in [4.69, 9.17) is 10.5 Å². The molecule has 0 bridgehead atoms. The standard InChI is InChI=1S/C22H25N3O4/c1-4-29-12-19(26)24-14(3)22(28)25-18-11-7-10-17(23)20(18)16-9-6-5-8-15(16)13(2)21(25)27/h5-11,13-14H,4,12,23H2,1-3H3,(H,24,26)/t13?,14-/m0/s1. The summed E-state index contributed by atoms with van der Waals surface area (Å²) in [5.41, 5.74) is 9.42. The molecule has 0 spiro atoms. The van der Waals surface area contributed by atoms with Crippen LogP contribution in [0.5, 0.6) is 0 Å². The Labute approximate surface area is 169 Å². The molecule has 3 amide bonds. The lowest BCUT2D eigenvalue weighted by atomic mass is 9.92. The number of fused-ring (bicyclic) bond motifs is 3. The van der Waals surface area contributed by atoms with Crippen LogP contribution in [0.2, 0.25) is 0 Å². The zero-order chi connectivity index (χ0) is 21.1. The third-order valence-electron chi connectivity index (χ3n) is 5.01. The van der Waals surface area contributed by atoms with Crippen LogP contribution in [-0.4, -0.2) is 37.0 Å². The Morgan fingerprint density at radius 2 is 1.93 bits per heavy atom. The summed E-state index contributed by atoms with van der Waals surface area (Å²) in [6, 6.07) is 11.7. The van der Waals surface area contributed by atoms with Gasteiger partial charge in [0.15, 0.2) is 0 Å². The molecule has 1 unspecified atom stereocenters. The van der Waals surface area contributed by atoms with Gasteiger partial charge in [-0.25, -0.2) is 4.90 Å². The van der Waals surface area contributed by atoms with E-state index < -0.39 is 23.8 Å². The van der Waals surface area contributed by atoms with E-state index in [1.807, 2.05) is 24.3 Å². The fourth-order valence-corrected chi connectivity index (χ4v) is 3.55. The average Bonchev–Trinajstić information content (AvgIpc) is 2.80. The van der Waals surface area contributed by atoms with Crippen molar-refractivity contribution in [1.82, 2.24) is 5.32 Å². The molecule has 3 N–H and O–H groups in total. The molecule has 1 heterocycles. The minimum absolute atomic E-state index is 0.145. The van der Waals surface area contributed by atoms with E-state index in [0.29, 0.717) is 23.5 Å². The van der Waals surface area contributed by atoms with Crippen LogP contribution in [0.25, 0.3) is 11.1 Å². The zero-order valence-corrected chi connectivity index (χ0v) is 16.8. The number of anilines is 2. The smallest absolute Gasteiger partial charge is 0.256 e. The molecule has 0 aliphatic carbocycles. The lowest BCUT2D eigenvalue weighted by Crippen LogP contribution is -2.51. The fraction of sp³-hybridized carbons (Fsp3) is 0.318.